The second-order valence-corrected chi connectivity index (χ2v) is 10.0. The highest BCUT2D eigenvalue weighted by Gasteiger charge is 2.34. The molecule has 0 N–H and O–H groups in total. The molecule has 1 aromatic carbocycles. The largest absolute Gasteiger partial charge is 0.300 e. The average molecular weight is 471 g/mol. The summed E-state index contributed by atoms with van der Waals surface area (Å²) in [5.41, 5.74) is 4.43. The van der Waals surface area contributed by atoms with E-state index in [2.05, 4.69) is 27.7 Å². The summed E-state index contributed by atoms with van der Waals surface area (Å²) in [5, 5.41) is 0. The Labute approximate surface area is 207 Å². The molecule has 0 aromatic heterocycles. The van der Waals surface area contributed by atoms with Gasteiger partial charge in [-0.2, -0.15) is 0 Å². The predicted octanol–water partition coefficient (Wildman–Crippen LogP) is 7.30. The molecule has 0 fully saturated rings. The van der Waals surface area contributed by atoms with Crippen LogP contribution < -0.4 is 0 Å². The van der Waals surface area contributed by atoms with Crippen molar-refractivity contribution in [2.24, 2.45) is 17.8 Å². The summed E-state index contributed by atoms with van der Waals surface area (Å²) in [6.45, 7) is 15.4. The number of aryl methyl sites for hydroxylation is 1. The number of carbonyl (C=O) groups excluding carboxylic acids is 4. The molecular formula is C30H46O4. The summed E-state index contributed by atoms with van der Waals surface area (Å²) in [7, 11) is 0. The first kappa shape index (κ1) is 29.9. The number of benzene rings is 1. The molecule has 190 valence electrons. The molecule has 2 rings (SSSR count). The molecule has 1 aliphatic carbocycles. The Bertz CT molecular complexity index is 880. The molecule has 1 aliphatic rings. The molecule has 0 spiro atoms. The average Bonchev–Trinajstić information content (AvgIpc) is 2.74. The minimum atomic E-state index is -0.118. The highest BCUT2D eigenvalue weighted by Crippen LogP contribution is 2.38. The molecule has 0 saturated heterocycles. The van der Waals surface area contributed by atoms with Gasteiger partial charge in [-0.3, -0.25) is 19.2 Å². The summed E-state index contributed by atoms with van der Waals surface area (Å²) in [6.07, 6.45) is 6.81. The second kappa shape index (κ2) is 14.3. The Kier molecular flexibility index (Phi) is 12.6. The van der Waals surface area contributed by atoms with E-state index >= 15 is 0 Å². The lowest BCUT2D eigenvalue weighted by atomic mass is 9.71. The van der Waals surface area contributed by atoms with E-state index in [9.17, 15) is 19.2 Å². The van der Waals surface area contributed by atoms with Gasteiger partial charge >= 0.3 is 0 Å². The lowest BCUT2D eigenvalue weighted by molar-refractivity contribution is -0.129. The van der Waals surface area contributed by atoms with Gasteiger partial charge in [0.2, 0.25) is 0 Å². The molecule has 1 aromatic rings. The molecule has 0 radical (unpaired) electrons. The first-order chi connectivity index (χ1) is 16.1. The number of rotatable bonds is 11. The van der Waals surface area contributed by atoms with Gasteiger partial charge in [-0.1, -0.05) is 53.9 Å². The van der Waals surface area contributed by atoms with E-state index in [0.717, 1.165) is 60.8 Å². The molecule has 0 amide bonds. The van der Waals surface area contributed by atoms with Gasteiger partial charge in [0.1, 0.15) is 11.6 Å². The summed E-state index contributed by atoms with van der Waals surface area (Å²) < 4.78 is 0. The van der Waals surface area contributed by atoms with Gasteiger partial charge in [0, 0.05) is 23.5 Å². The fourth-order valence-corrected chi connectivity index (χ4v) is 5.56. The zero-order valence-electron chi connectivity index (χ0n) is 22.8. The van der Waals surface area contributed by atoms with Crippen LogP contribution >= 0.6 is 0 Å². The van der Waals surface area contributed by atoms with E-state index in [1.54, 1.807) is 6.92 Å². The van der Waals surface area contributed by atoms with Crippen LogP contribution in [0, 0.1) is 24.7 Å². The van der Waals surface area contributed by atoms with Crippen LogP contribution in [0.3, 0.4) is 0 Å². The van der Waals surface area contributed by atoms with Crippen LogP contribution in [0.1, 0.15) is 131 Å². The minimum absolute atomic E-state index is 0.00250. The summed E-state index contributed by atoms with van der Waals surface area (Å²) in [5.74, 6) is 0.375. The molecular weight excluding hydrogens is 424 g/mol. The van der Waals surface area contributed by atoms with Crippen molar-refractivity contribution in [1.82, 2.24) is 0 Å². The maximum atomic E-state index is 13.2. The molecule has 3 atom stereocenters. The molecule has 34 heavy (non-hydrogen) atoms. The van der Waals surface area contributed by atoms with E-state index in [1.807, 2.05) is 19.9 Å². The Morgan fingerprint density at radius 3 is 2.12 bits per heavy atom. The Balaban J connectivity index is 0.00000182. The highest BCUT2D eigenvalue weighted by atomic mass is 16.1. The smallest absolute Gasteiger partial charge is 0.163 e. The van der Waals surface area contributed by atoms with Crippen molar-refractivity contribution in [3.05, 3.63) is 33.9 Å². The Morgan fingerprint density at radius 2 is 1.65 bits per heavy atom. The molecule has 0 saturated carbocycles. The number of ketones is 4. The first-order valence-electron chi connectivity index (χ1n) is 13.3. The Morgan fingerprint density at radius 1 is 1.03 bits per heavy atom. The second-order valence-electron chi connectivity index (χ2n) is 10.0. The van der Waals surface area contributed by atoms with Crippen LogP contribution in [-0.2, 0) is 22.4 Å². The van der Waals surface area contributed by atoms with Gasteiger partial charge in [0.25, 0.3) is 0 Å². The molecule has 4 nitrogen and oxygen atoms in total. The number of hydrogen-bond acceptors (Lipinski definition) is 4. The lowest BCUT2D eigenvalue weighted by Gasteiger charge is -2.33. The monoisotopic (exact) mass is 470 g/mol. The topological polar surface area (TPSA) is 68.3 Å². The van der Waals surface area contributed by atoms with Gasteiger partial charge in [0.15, 0.2) is 11.6 Å². The quantitative estimate of drug-likeness (QED) is 0.251. The number of fused-ring (bicyclic) bond motifs is 1. The molecule has 3 unspecified atom stereocenters. The van der Waals surface area contributed by atoms with Crippen LogP contribution in [0.5, 0.6) is 0 Å². The van der Waals surface area contributed by atoms with Crippen molar-refractivity contribution in [1.29, 1.82) is 0 Å². The van der Waals surface area contributed by atoms with Crippen molar-refractivity contribution in [3.8, 4) is 0 Å². The third kappa shape index (κ3) is 7.71. The van der Waals surface area contributed by atoms with Gasteiger partial charge in [-0.05, 0) is 81.0 Å². The summed E-state index contributed by atoms with van der Waals surface area (Å²) in [4.78, 5) is 49.5. The van der Waals surface area contributed by atoms with Gasteiger partial charge in [-0.25, -0.2) is 0 Å². The molecule has 4 heteroatoms. The van der Waals surface area contributed by atoms with Crippen molar-refractivity contribution >= 4 is 23.1 Å². The molecule has 0 heterocycles. The zero-order valence-corrected chi connectivity index (χ0v) is 22.8. The summed E-state index contributed by atoms with van der Waals surface area (Å²) in [6, 6.07) is 1.97. The van der Waals surface area contributed by atoms with Gasteiger partial charge in [-0.15, -0.1) is 0 Å². The normalized spacial score (nSPS) is 16.7. The predicted molar refractivity (Wildman–Crippen MR) is 140 cm³/mol. The highest BCUT2D eigenvalue weighted by molar-refractivity contribution is 6.05. The number of hydrogen-bond donors (Lipinski definition) is 0. The minimum Gasteiger partial charge on any atom is -0.300 e. The molecule has 0 aliphatic heterocycles. The third-order valence-corrected chi connectivity index (χ3v) is 6.93. The third-order valence-electron chi connectivity index (χ3n) is 6.93. The van der Waals surface area contributed by atoms with E-state index in [0.29, 0.717) is 12.0 Å². The first-order valence-corrected chi connectivity index (χ1v) is 13.3. The number of carbonyl (C=O) groups is 4. The standard InChI is InChI=1S/C27H38O4.C3H8/c1-7-10-21(22(9-3)25(30)11-16(4)28)12-19-13-24-20(8-2)15-23(18(6)29)17(5)27(24)26(31)14-19;1-3-2/h15,19,21-22H,7-14H2,1-6H3;3H2,1-2H3. The SMILES string of the molecule is CCC.CCCC(CC1CC(=O)c2c(C)c(C(C)=O)cc(CC)c2C1)C(CC)C(=O)CC(C)=O. The van der Waals surface area contributed by atoms with E-state index < -0.39 is 0 Å². The van der Waals surface area contributed by atoms with Crippen molar-refractivity contribution in [2.75, 3.05) is 0 Å². The van der Waals surface area contributed by atoms with Gasteiger partial charge < -0.3 is 0 Å². The lowest BCUT2D eigenvalue weighted by Crippen LogP contribution is -2.30. The van der Waals surface area contributed by atoms with Crippen LogP contribution in [-0.4, -0.2) is 23.1 Å². The molecule has 0 bridgehead atoms. The van der Waals surface area contributed by atoms with E-state index in [1.165, 1.54) is 13.3 Å². The zero-order chi connectivity index (χ0) is 26.0. The van der Waals surface area contributed by atoms with Crippen molar-refractivity contribution in [3.63, 3.8) is 0 Å². The van der Waals surface area contributed by atoms with Crippen LogP contribution in [0.25, 0.3) is 0 Å². The van der Waals surface area contributed by atoms with Crippen molar-refractivity contribution < 1.29 is 19.2 Å². The fraction of sp³-hybridized carbons (Fsp3) is 0.667. The van der Waals surface area contributed by atoms with E-state index in [4.69, 9.17) is 0 Å². The van der Waals surface area contributed by atoms with Gasteiger partial charge in [0.05, 0.1) is 6.42 Å². The van der Waals surface area contributed by atoms with E-state index in [-0.39, 0.29) is 47.3 Å². The van der Waals surface area contributed by atoms with Crippen LogP contribution in [0.4, 0.5) is 0 Å². The fourth-order valence-electron chi connectivity index (χ4n) is 5.56. The number of Topliss-reactive ketones (excluding diaryl/α,β-unsaturated/α-hetero) is 4. The Hall–Kier alpha value is -2.10. The van der Waals surface area contributed by atoms with Crippen LogP contribution in [0.15, 0.2) is 6.07 Å². The maximum absolute atomic E-state index is 13.2. The van der Waals surface area contributed by atoms with Crippen LogP contribution in [0.2, 0.25) is 0 Å². The van der Waals surface area contributed by atoms with Crippen molar-refractivity contribution in [2.45, 2.75) is 113 Å². The maximum Gasteiger partial charge on any atom is 0.163 e. The summed E-state index contributed by atoms with van der Waals surface area (Å²) >= 11 is 0.